The summed E-state index contributed by atoms with van der Waals surface area (Å²) >= 11 is 0. The van der Waals surface area contributed by atoms with Gasteiger partial charge in [0.25, 0.3) is 0 Å². The van der Waals surface area contributed by atoms with Gasteiger partial charge in [-0.1, -0.05) is 0 Å². The van der Waals surface area contributed by atoms with Gasteiger partial charge in [0.2, 0.25) is 11.8 Å². The first kappa shape index (κ1) is 18.2. The summed E-state index contributed by atoms with van der Waals surface area (Å²) in [6.07, 6.45) is 5.09. The number of nitrogens with zero attached hydrogens (tertiary/aromatic N) is 1. The number of likely N-dealkylation sites (tertiary alicyclic amines) is 1. The molecule has 0 aliphatic carbocycles. The van der Waals surface area contributed by atoms with E-state index in [1.807, 2.05) is 18.7 Å². The van der Waals surface area contributed by atoms with Crippen LogP contribution in [0.3, 0.4) is 0 Å². The Morgan fingerprint density at radius 1 is 1.19 bits per heavy atom. The molecule has 122 valence electrons. The van der Waals surface area contributed by atoms with Crippen LogP contribution in [0.1, 0.15) is 52.4 Å². The third-order valence-electron chi connectivity index (χ3n) is 4.12. The smallest absolute Gasteiger partial charge is 0.222 e. The van der Waals surface area contributed by atoms with Crippen LogP contribution in [0.15, 0.2) is 0 Å². The number of amides is 2. The molecule has 2 aliphatic heterocycles. The van der Waals surface area contributed by atoms with Gasteiger partial charge in [0.05, 0.1) is 0 Å². The first-order chi connectivity index (χ1) is 9.54. The number of hydrogen-bond acceptors (Lipinski definition) is 3. The van der Waals surface area contributed by atoms with Crippen molar-refractivity contribution in [3.05, 3.63) is 0 Å². The lowest BCUT2D eigenvalue weighted by atomic mass is 10.1. The maximum absolute atomic E-state index is 12.2. The molecule has 2 saturated heterocycles. The average Bonchev–Trinajstić information content (AvgIpc) is 2.67. The van der Waals surface area contributed by atoms with Crippen LogP contribution in [0.5, 0.6) is 0 Å². The summed E-state index contributed by atoms with van der Waals surface area (Å²) in [5.74, 6) is 0.251. The van der Waals surface area contributed by atoms with E-state index in [1.165, 1.54) is 12.8 Å². The van der Waals surface area contributed by atoms with Crippen molar-refractivity contribution in [2.75, 3.05) is 13.1 Å². The van der Waals surface area contributed by atoms with Crippen LogP contribution in [0, 0.1) is 0 Å². The van der Waals surface area contributed by atoms with E-state index in [9.17, 15) is 9.59 Å². The van der Waals surface area contributed by atoms with Gasteiger partial charge >= 0.3 is 0 Å². The summed E-state index contributed by atoms with van der Waals surface area (Å²) in [6.45, 7) is 5.60. The third kappa shape index (κ3) is 5.83. The van der Waals surface area contributed by atoms with Crippen LogP contribution in [-0.2, 0) is 9.59 Å². The largest absolute Gasteiger partial charge is 0.354 e. The van der Waals surface area contributed by atoms with E-state index in [4.69, 9.17) is 0 Å². The lowest BCUT2D eigenvalue weighted by molar-refractivity contribution is -0.131. The number of halogens is 1. The van der Waals surface area contributed by atoms with Gasteiger partial charge in [-0.2, -0.15) is 0 Å². The van der Waals surface area contributed by atoms with E-state index in [0.717, 1.165) is 19.5 Å². The van der Waals surface area contributed by atoms with Gasteiger partial charge in [0.1, 0.15) is 0 Å². The molecule has 2 heterocycles. The third-order valence-corrected chi connectivity index (χ3v) is 4.12. The molecule has 2 fully saturated rings. The number of carbonyl (C=O) groups is 2. The van der Waals surface area contributed by atoms with Crippen LogP contribution in [0.2, 0.25) is 0 Å². The van der Waals surface area contributed by atoms with Crippen molar-refractivity contribution in [3.8, 4) is 0 Å². The van der Waals surface area contributed by atoms with Gasteiger partial charge in [0, 0.05) is 44.1 Å². The van der Waals surface area contributed by atoms with Crippen LogP contribution in [0.25, 0.3) is 0 Å². The minimum atomic E-state index is 0. The first-order valence-electron chi connectivity index (χ1n) is 7.88. The predicted molar refractivity (Wildman–Crippen MR) is 85.5 cm³/mol. The molecule has 21 heavy (non-hydrogen) atoms. The lowest BCUT2D eigenvalue weighted by Crippen LogP contribution is -2.39. The van der Waals surface area contributed by atoms with Crippen molar-refractivity contribution in [2.45, 2.75) is 70.5 Å². The Bertz CT molecular complexity index is 363. The van der Waals surface area contributed by atoms with Crippen LogP contribution in [0.4, 0.5) is 0 Å². The number of rotatable bonds is 5. The molecule has 2 unspecified atom stereocenters. The summed E-state index contributed by atoms with van der Waals surface area (Å²) in [5, 5.41) is 6.43. The SMILES string of the molecule is CC(C)NC(=O)CCCC(=O)N1CCC2CCC(C1)N2.Cl. The molecule has 0 aromatic carbocycles. The predicted octanol–water partition coefficient (Wildman–Crippen LogP) is 1.46. The summed E-state index contributed by atoms with van der Waals surface area (Å²) in [5.41, 5.74) is 0. The fourth-order valence-corrected chi connectivity index (χ4v) is 3.12. The monoisotopic (exact) mass is 317 g/mol. The van der Waals surface area contributed by atoms with Crippen LogP contribution < -0.4 is 10.6 Å². The fraction of sp³-hybridized carbons (Fsp3) is 0.867. The average molecular weight is 318 g/mol. The molecule has 2 N–H and O–H groups in total. The van der Waals surface area contributed by atoms with Gasteiger partial charge in [-0.05, 0) is 39.5 Å². The van der Waals surface area contributed by atoms with Crippen LogP contribution >= 0.6 is 12.4 Å². The summed E-state index contributed by atoms with van der Waals surface area (Å²) in [6, 6.07) is 1.26. The zero-order valence-electron chi connectivity index (χ0n) is 13.1. The van der Waals surface area contributed by atoms with Crippen molar-refractivity contribution >= 4 is 24.2 Å². The van der Waals surface area contributed by atoms with Gasteiger partial charge in [-0.15, -0.1) is 12.4 Å². The topological polar surface area (TPSA) is 61.4 Å². The Morgan fingerprint density at radius 3 is 2.62 bits per heavy atom. The standard InChI is InChI=1S/C15H27N3O2.ClH/c1-11(2)16-14(19)4-3-5-15(20)18-9-8-12-6-7-13(10-18)17-12;/h11-13,17H,3-10H2,1-2H3,(H,16,19);1H. The minimum Gasteiger partial charge on any atom is -0.354 e. The molecule has 6 heteroatoms. The normalized spacial score (nSPS) is 24.4. The highest BCUT2D eigenvalue weighted by Crippen LogP contribution is 2.21. The second-order valence-electron chi connectivity index (χ2n) is 6.34. The molecule has 0 aromatic heterocycles. The van der Waals surface area contributed by atoms with Crippen LogP contribution in [-0.4, -0.2) is 47.9 Å². The maximum Gasteiger partial charge on any atom is 0.222 e. The molecule has 0 radical (unpaired) electrons. The molecule has 0 saturated carbocycles. The summed E-state index contributed by atoms with van der Waals surface area (Å²) in [4.78, 5) is 25.7. The molecule has 0 aromatic rings. The van der Waals surface area contributed by atoms with E-state index in [1.54, 1.807) is 0 Å². The van der Waals surface area contributed by atoms with Crippen molar-refractivity contribution in [1.82, 2.24) is 15.5 Å². The molecule has 0 spiro atoms. The van der Waals surface area contributed by atoms with Crippen molar-refractivity contribution < 1.29 is 9.59 Å². The molecule has 5 nitrogen and oxygen atoms in total. The van der Waals surface area contributed by atoms with Gasteiger partial charge < -0.3 is 15.5 Å². The number of nitrogens with one attached hydrogen (secondary N) is 2. The van der Waals surface area contributed by atoms with E-state index in [2.05, 4.69) is 10.6 Å². The van der Waals surface area contributed by atoms with E-state index in [0.29, 0.717) is 31.3 Å². The fourth-order valence-electron chi connectivity index (χ4n) is 3.12. The second-order valence-corrected chi connectivity index (χ2v) is 6.34. The highest BCUT2D eigenvalue weighted by atomic mass is 35.5. The quantitative estimate of drug-likeness (QED) is 0.807. The van der Waals surface area contributed by atoms with E-state index < -0.39 is 0 Å². The maximum atomic E-state index is 12.2. The zero-order chi connectivity index (χ0) is 14.5. The zero-order valence-corrected chi connectivity index (χ0v) is 13.9. The van der Waals surface area contributed by atoms with Crippen molar-refractivity contribution in [3.63, 3.8) is 0 Å². The summed E-state index contributed by atoms with van der Waals surface area (Å²) in [7, 11) is 0. The van der Waals surface area contributed by atoms with Crippen molar-refractivity contribution in [2.24, 2.45) is 0 Å². The number of fused-ring (bicyclic) bond motifs is 2. The Balaban J connectivity index is 0.00000220. The number of carbonyl (C=O) groups excluding carboxylic acids is 2. The molecule has 2 bridgehead atoms. The highest BCUT2D eigenvalue weighted by Gasteiger charge is 2.30. The minimum absolute atomic E-state index is 0. The Labute approximate surface area is 133 Å². The lowest BCUT2D eigenvalue weighted by Gasteiger charge is -2.24. The van der Waals surface area contributed by atoms with Gasteiger partial charge in [-0.3, -0.25) is 9.59 Å². The van der Waals surface area contributed by atoms with E-state index >= 15 is 0 Å². The van der Waals surface area contributed by atoms with Gasteiger partial charge in [0.15, 0.2) is 0 Å². The summed E-state index contributed by atoms with van der Waals surface area (Å²) < 4.78 is 0. The molecule has 2 aliphatic rings. The first-order valence-corrected chi connectivity index (χ1v) is 7.88. The van der Waals surface area contributed by atoms with Gasteiger partial charge in [-0.25, -0.2) is 0 Å². The Hall–Kier alpha value is -0.810. The van der Waals surface area contributed by atoms with Crippen molar-refractivity contribution in [1.29, 1.82) is 0 Å². The molecule has 2 amide bonds. The molecular formula is C15H28ClN3O2. The Kier molecular flexibility index (Phi) is 7.46. The Morgan fingerprint density at radius 2 is 1.90 bits per heavy atom. The second kappa shape index (κ2) is 8.59. The molecule has 2 atom stereocenters. The highest BCUT2D eigenvalue weighted by molar-refractivity contribution is 5.85. The van der Waals surface area contributed by atoms with E-state index in [-0.39, 0.29) is 30.3 Å². The molecule has 2 rings (SSSR count). The number of hydrogen-bond donors (Lipinski definition) is 2. The molecular weight excluding hydrogens is 290 g/mol.